The number of nitrogens with zero attached hydrogens (tertiary/aromatic N) is 3. The molecule has 2 aliphatic rings. The number of benzene rings is 1. The van der Waals surface area contributed by atoms with Crippen LogP contribution in [0, 0.1) is 0 Å². The summed E-state index contributed by atoms with van der Waals surface area (Å²) in [7, 11) is 1.74. The lowest BCUT2D eigenvalue weighted by atomic mass is 9.99. The number of anilines is 3. The molecule has 1 unspecified atom stereocenters. The number of para-hydroxylation sites is 1. The van der Waals surface area contributed by atoms with E-state index in [1.807, 2.05) is 30.3 Å². The summed E-state index contributed by atoms with van der Waals surface area (Å²) in [5.41, 5.74) is 2.00. The Bertz CT molecular complexity index is 1180. The number of nitrogens with one attached hydrogen (secondary N) is 2. The van der Waals surface area contributed by atoms with E-state index in [1.54, 1.807) is 29.1 Å². The molecular weight excluding hydrogens is 434 g/mol. The number of aryl methyl sites for hydroxylation is 3. The Balaban J connectivity index is 1.29. The van der Waals surface area contributed by atoms with Crippen LogP contribution in [0.1, 0.15) is 45.8 Å². The molecule has 0 radical (unpaired) electrons. The van der Waals surface area contributed by atoms with Crippen molar-refractivity contribution >= 4 is 34.6 Å². The van der Waals surface area contributed by atoms with Crippen LogP contribution in [0.3, 0.4) is 0 Å². The molecule has 1 aromatic carbocycles. The number of hydrogen-bond acceptors (Lipinski definition) is 6. The molecule has 1 fully saturated rings. The summed E-state index contributed by atoms with van der Waals surface area (Å²) >= 11 is 1.65. The summed E-state index contributed by atoms with van der Waals surface area (Å²) in [5.74, 6) is 1.07. The molecule has 7 nitrogen and oxygen atoms in total. The molecule has 5 rings (SSSR count). The number of carbonyl (C=O) groups excluding carboxylic acids is 1. The maximum atomic E-state index is 12.9. The number of aromatic nitrogens is 2. The van der Waals surface area contributed by atoms with E-state index in [9.17, 15) is 9.59 Å². The molecule has 0 saturated carbocycles. The van der Waals surface area contributed by atoms with Gasteiger partial charge in [0.05, 0.1) is 4.88 Å². The fourth-order valence-corrected chi connectivity index (χ4v) is 5.80. The minimum Gasteiger partial charge on any atom is -0.353 e. The number of carbonyl (C=O) groups is 1. The summed E-state index contributed by atoms with van der Waals surface area (Å²) < 4.78 is 1.56. The van der Waals surface area contributed by atoms with Gasteiger partial charge in [-0.05, 0) is 62.3 Å². The molecule has 1 aliphatic heterocycles. The smallest absolute Gasteiger partial charge is 0.293 e. The molecule has 172 valence electrons. The van der Waals surface area contributed by atoms with Gasteiger partial charge in [-0.1, -0.05) is 18.2 Å². The standard InChI is InChI=1S/C25H29N5O2S/c1-29-16-22(28-23(25(29)32)26-18-9-3-2-4-10-18)30-13-7-11-19(15-30)27-24(31)21-14-17-8-5-6-12-20(17)33-21/h2-4,9-10,14,16,19H,5-8,11-13,15H2,1H3,(H,26,28)(H,27,31). The minimum atomic E-state index is -0.175. The van der Waals surface area contributed by atoms with E-state index < -0.39 is 0 Å². The number of fused-ring (bicyclic) bond motifs is 1. The maximum absolute atomic E-state index is 12.9. The second-order valence-corrected chi connectivity index (χ2v) is 10.0. The summed E-state index contributed by atoms with van der Waals surface area (Å²) in [6.07, 6.45) is 8.30. The Labute approximate surface area is 197 Å². The van der Waals surface area contributed by atoms with Gasteiger partial charge in [0.2, 0.25) is 0 Å². The predicted molar refractivity (Wildman–Crippen MR) is 133 cm³/mol. The lowest BCUT2D eigenvalue weighted by Gasteiger charge is -2.34. The van der Waals surface area contributed by atoms with Gasteiger partial charge in [0.25, 0.3) is 11.5 Å². The van der Waals surface area contributed by atoms with E-state index in [4.69, 9.17) is 0 Å². The van der Waals surface area contributed by atoms with Gasteiger partial charge in [0.1, 0.15) is 5.82 Å². The van der Waals surface area contributed by atoms with Crippen LogP contribution in [0.25, 0.3) is 0 Å². The fourth-order valence-electron chi connectivity index (χ4n) is 4.64. The molecule has 2 aromatic heterocycles. The van der Waals surface area contributed by atoms with E-state index in [0.717, 1.165) is 48.6 Å². The average Bonchev–Trinajstić information content (AvgIpc) is 3.27. The molecule has 8 heteroatoms. The number of hydrogen-bond donors (Lipinski definition) is 2. The number of rotatable bonds is 5. The van der Waals surface area contributed by atoms with Crippen molar-refractivity contribution in [3.05, 3.63) is 68.3 Å². The predicted octanol–water partition coefficient (Wildman–Crippen LogP) is 3.86. The van der Waals surface area contributed by atoms with E-state index in [2.05, 4.69) is 26.6 Å². The Morgan fingerprint density at radius 2 is 1.97 bits per heavy atom. The molecule has 1 atom stereocenters. The quantitative estimate of drug-likeness (QED) is 0.601. The highest BCUT2D eigenvalue weighted by atomic mass is 32.1. The Morgan fingerprint density at radius 1 is 1.15 bits per heavy atom. The van der Waals surface area contributed by atoms with E-state index >= 15 is 0 Å². The Hall–Kier alpha value is -3.13. The van der Waals surface area contributed by atoms with Crippen molar-refractivity contribution in [2.24, 2.45) is 7.05 Å². The molecule has 0 bridgehead atoms. The van der Waals surface area contributed by atoms with E-state index in [1.165, 1.54) is 23.3 Å². The zero-order chi connectivity index (χ0) is 22.8. The van der Waals surface area contributed by atoms with Crippen molar-refractivity contribution < 1.29 is 4.79 Å². The third kappa shape index (κ3) is 4.80. The zero-order valence-electron chi connectivity index (χ0n) is 18.8. The number of amides is 1. The van der Waals surface area contributed by atoms with Crippen LogP contribution in [-0.2, 0) is 19.9 Å². The maximum Gasteiger partial charge on any atom is 0.293 e. The minimum absolute atomic E-state index is 0.0288. The van der Waals surface area contributed by atoms with Crippen LogP contribution in [0.5, 0.6) is 0 Å². The second kappa shape index (κ2) is 9.39. The van der Waals surface area contributed by atoms with Crippen LogP contribution < -0.4 is 21.1 Å². The highest BCUT2D eigenvalue weighted by Gasteiger charge is 2.25. The summed E-state index contributed by atoms with van der Waals surface area (Å²) in [6, 6.07) is 11.7. The Kier molecular flexibility index (Phi) is 6.17. The topological polar surface area (TPSA) is 79.3 Å². The molecule has 1 saturated heterocycles. The number of thiophene rings is 1. The summed E-state index contributed by atoms with van der Waals surface area (Å²) in [4.78, 5) is 34.6. The lowest BCUT2D eigenvalue weighted by Crippen LogP contribution is -2.48. The van der Waals surface area contributed by atoms with Gasteiger partial charge in [-0.2, -0.15) is 0 Å². The first kappa shape index (κ1) is 21.7. The first-order valence-electron chi connectivity index (χ1n) is 11.6. The van der Waals surface area contributed by atoms with Gasteiger partial charge >= 0.3 is 0 Å². The van der Waals surface area contributed by atoms with E-state index in [0.29, 0.717) is 12.4 Å². The van der Waals surface area contributed by atoms with Gasteiger partial charge in [-0.25, -0.2) is 4.98 Å². The normalized spacial score (nSPS) is 18.0. The van der Waals surface area contributed by atoms with Gasteiger partial charge in [0, 0.05) is 42.9 Å². The van der Waals surface area contributed by atoms with Crippen LogP contribution in [0.4, 0.5) is 17.3 Å². The van der Waals surface area contributed by atoms with Crippen molar-refractivity contribution in [2.45, 2.75) is 44.6 Å². The molecule has 0 spiro atoms. The Morgan fingerprint density at radius 3 is 2.79 bits per heavy atom. The average molecular weight is 464 g/mol. The van der Waals surface area contributed by atoms with Gasteiger partial charge in [0.15, 0.2) is 5.82 Å². The fraction of sp³-hybridized carbons (Fsp3) is 0.400. The molecule has 3 heterocycles. The van der Waals surface area contributed by atoms with E-state index in [-0.39, 0.29) is 17.5 Å². The van der Waals surface area contributed by atoms with Crippen LogP contribution in [-0.4, -0.2) is 34.6 Å². The molecule has 33 heavy (non-hydrogen) atoms. The summed E-state index contributed by atoms with van der Waals surface area (Å²) in [5, 5.41) is 6.38. The van der Waals surface area contributed by atoms with Crippen LogP contribution in [0.15, 0.2) is 47.4 Å². The van der Waals surface area contributed by atoms with Crippen molar-refractivity contribution in [1.82, 2.24) is 14.9 Å². The highest BCUT2D eigenvalue weighted by Crippen LogP contribution is 2.30. The van der Waals surface area contributed by atoms with Gasteiger partial charge in [-0.3, -0.25) is 9.59 Å². The third-order valence-electron chi connectivity index (χ3n) is 6.40. The SMILES string of the molecule is Cn1cc(N2CCCC(NC(=O)c3cc4c(s3)CCCC4)C2)nc(Nc2ccccc2)c1=O. The zero-order valence-corrected chi connectivity index (χ0v) is 19.7. The van der Waals surface area contributed by atoms with Crippen molar-refractivity contribution in [2.75, 3.05) is 23.3 Å². The monoisotopic (exact) mass is 463 g/mol. The van der Waals surface area contributed by atoms with Crippen molar-refractivity contribution in [3.8, 4) is 0 Å². The lowest BCUT2D eigenvalue weighted by molar-refractivity contribution is 0.0937. The third-order valence-corrected chi connectivity index (χ3v) is 7.63. The van der Waals surface area contributed by atoms with Gasteiger partial charge < -0.3 is 20.1 Å². The second-order valence-electron chi connectivity index (χ2n) is 8.88. The number of piperidine rings is 1. The molecule has 1 amide bonds. The molecule has 2 N–H and O–H groups in total. The first-order valence-corrected chi connectivity index (χ1v) is 12.5. The largest absolute Gasteiger partial charge is 0.353 e. The van der Waals surface area contributed by atoms with Crippen molar-refractivity contribution in [3.63, 3.8) is 0 Å². The molecule has 1 aliphatic carbocycles. The van der Waals surface area contributed by atoms with Crippen molar-refractivity contribution in [1.29, 1.82) is 0 Å². The van der Waals surface area contributed by atoms with Crippen LogP contribution in [0.2, 0.25) is 0 Å². The first-order chi connectivity index (χ1) is 16.1. The summed E-state index contributed by atoms with van der Waals surface area (Å²) in [6.45, 7) is 1.52. The van der Waals surface area contributed by atoms with Crippen LogP contribution >= 0.6 is 11.3 Å². The molecule has 3 aromatic rings. The highest BCUT2D eigenvalue weighted by molar-refractivity contribution is 7.14. The van der Waals surface area contributed by atoms with Gasteiger partial charge in [-0.15, -0.1) is 11.3 Å². The molecular formula is C25H29N5O2S.